The van der Waals surface area contributed by atoms with E-state index in [2.05, 4.69) is 0 Å². The number of sulfonamides is 1. The second-order valence-corrected chi connectivity index (χ2v) is 14.0. The van der Waals surface area contributed by atoms with Crippen LogP contribution in [0.15, 0.2) is 34.7 Å². The molecule has 1 saturated heterocycles. The van der Waals surface area contributed by atoms with Gasteiger partial charge in [0.25, 0.3) is 0 Å². The molecule has 1 fully saturated rings. The van der Waals surface area contributed by atoms with Crippen LogP contribution in [0.1, 0.15) is 18.1 Å². The van der Waals surface area contributed by atoms with Crippen LogP contribution >= 0.6 is 0 Å². The zero-order valence-electron chi connectivity index (χ0n) is 25.9. The average Bonchev–Trinajstić information content (AvgIpc) is 3.44. The molecule has 5 rings (SSSR count). The van der Waals surface area contributed by atoms with Gasteiger partial charge >= 0.3 is 0 Å². The lowest BCUT2D eigenvalue weighted by Gasteiger charge is -2.31. The molecular formula is C32H17BF15NO2S. The molecule has 1 aliphatic rings. The van der Waals surface area contributed by atoms with E-state index < -0.39 is 156 Å². The minimum Gasteiger partial charge on any atom is -0.207 e. The van der Waals surface area contributed by atoms with Gasteiger partial charge in [-0.15, -0.1) is 0 Å². The minimum absolute atomic E-state index is 0.190. The fourth-order valence-electron chi connectivity index (χ4n) is 5.95. The van der Waals surface area contributed by atoms with Crippen LogP contribution in [0.4, 0.5) is 65.9 Å². The van der Waals surface area contributed by atoms with Gasteiger partial charge < -0.3 is 0 Å². The van der Waals surface area contributed by atoms with Gasteiger partial charge in [0.2, 0.25) is 22.6 Å². The number of hydrogen-bond donors (Lipinski definition) is 0. The summed E-state index contributed by atoms with van der Waals surface area (Å²) >= 11 is 0. The van der Waals surface area contributed by atoms with Crippen LogP contribution in [0.2, 0.25) is 6.32 Å². The van der Waals surface area contributed by atoms with Crippen molar-refractivity contribution in [1.29, 1.82) is 0 Å². The molecule has 276 valence electrons. The zero-order valence-corrected chi connectivity index (χ0v) is 26.7. The summed E-state index contributed by atoms with van der Waals surface area (Å²) in [7, 11) is -4.77. The van der Waals surface area contributed by atoms with Crippen LogP contribution in [-0.4, -0.2) is 32.5 Å². The fraction of sp³-hybridized carbons (Fsp3) is 0.188. The van der Waals surface area contributed by atoms with Crippen molar-refractivity contribution < 1.29 is 74.3 Å². The van der Waals surface area contributed by atoms with Crippen LogP contribution in [0.5, 0.6) is 0 Å². The maximum absolute atomic E-state index is 15.3. The highest BCUT2D eigenvalue weighted by Crippen LogP contribution is 2.44. The highest BCUT2D eigenvalue weighted by Gasteiger charge is 2.49. The summed E-state index contributed by atoms with van der Waals surface area (Å²) in [6.45, 7) is -2.91. The summed E-state index contributed by atoms with van der Waals surface area (Å²) in [6, 6.07) is 4.77. The van der Waals surface area contributed by atoms with Gasteiger partial charge in [-0.3, -0.25) is 0 Å². The lowest BCUT2D eigenvalue weighted by atomic mass is 9.34. The van der Waals surface area contributed by atoms with Gasteiger partial charge in [-0.2, -0.15) is 4.31 Å². The van der Waals surface area contributed by atoms with E-state index in [1.165, 1.54) is 12.1 Å². The Balaban J connectivity index is 1.83. The number of aryl methyl sites for hydroxylation is 1. The first kappa shape index (κ1) is 38.8. The Morgan fingerprint density at radius 3 is 1.33 bits per heavy atom. The van der Waals surface area contributed by atoms with Crippen molar-refractivity contribution in [2.45, 2.75) is 25.1 Å². The summed E-state index contributed by atoms with van der Waals surface area (Å²) in [5, 5.41) is 0. The van der Waals surface area contributed by atoms with Crippen LogP contribution in [0.3, 0.4) is 0 Å². The summed E-state index contributed by atoms with van der Waals surface area (Å²) in [5.41, 5.74) is -8.73. The molecule has 1 heterocycles. The van der Waals surface area contributed by atoms with Crippen molar-refractivity contribution in [2.24, 2.45) is 5.41 Å². The predicted octanol–water partition coefficient (Wildman–Crippen LogP) is 7.48. The van der Waals surface area contributed by atoms with Crippen molar-refractivity contribution in [3.8, 4) is 0 Å². The number of benzene rings is 4. The Labute approximate surface area is 284 Å². The average molecular weight is 775 g/mol. The number of nitrogens with zero attached hydrogens (tertiary/aromatic N) is 1. The quantitative estimate of drug-likeness (QED) is 0.0846. The third-order valence-electron chi connectivity index (χ3n) is 8.71. The molecule has 0 amide bonds. The second kappa shape index (κ2) is 13.5. The number of hydrogen-bond acceptors (Lipinski definition) is 2. The molecule has 0 N–H and O–H groups in total. The largest absolute Gasteiger partial charge is 0.243 e. The van der Waals surface area contributed by atoms with Crippen molar-refractivity contribution in [2.75, 3.05) is 13.1 Å². The van der Waals surface area contributed by atoms with E-state index in [-0.39, 0.29) is 6.08 Å². The zero-order chi connectivity index (χ0) is 38.9. The predicted molar refractivity (Wildman–Crippen MR) is 155 cm³/mol. The summed E-state index contributed by atoms with van der Waals surface area (Å²) in [5.74, 6) is -40.4. The molecule has 52 heavy (non-hydrogen) atoms. The molecule has 4 aromatic rings. The molecule has 1 unspecified atom stereocenters. The van der Waals surface area contributed by atoms with Gasteiger partial charge in [-0.25, -0.2) is 74.3 Å². The normalized spacial score (nSPS) is 17.4. The number of rotatable bonds is 7. The van der Waals surface area contributed by atoms with Gasteiger partial charge in [-0.1, -0.05) is 30.9 Å². The van der Waals surface area contributed by atoms with Crippen LogP contribution in [0.25, 0.3) is 6.08 Å². The highest BCUT2D eigenvalue weighted by molar-refractivity contribution is 7.89. The van der Waals surface area contributed by atoms with E-state index in [0.29, 0.717) is 9.87 Å². The summed E-state index contributed by atoms with van der Waals surface area (Å²) < 4.78 is 247. The molecule has 0 spiro atoms. The first-order valence-electron chi connectivity index (χ1n) is 14.4. The Morgan fingerprint density at radius 1 is 0.596 bits per heavy atom. The maximum atomic E-state index is 15.3. The smallest absolute Gasteiger partial charge is 0.207 e. The lowest BCUT2D eigenvalue weighted by molar-refractivity contribution is 0.376. The van der Waals surface area contributed by atoms with Crippen molar-refractivity contribution in [3.05, 3.63) is 128 Å². The van der Waals surface area contributed by atoms with Gasteiger partial charge in [-0.05, 0) is 36.1 Å². The van der Waals surface area contributed by atoms with E-state index in [9.17, 15) is 56.7 Å². The topological polar surface area (TPSA) is 37.4 Å². The molecule has 1 atom stereocenters. The molecule has 20 heteroatoms. The highest BCUT2D eigenvalue weighted by atomic mass is 32.2. The Hall–Kier alpha value is -4.46. The molecule has 0 saturated carbocycles. The molecule has 3 nitrogen and oxygen atoms in total. The van der Waals surface area contributed by atoms with E-state index in [1.807, 2.05) is 0 Å². The van der Waals surface area contributed by atoms with E-state index >= 15 is 17.6 Å². The minimum atomic E-state index is -4.77. The number of halogens is 15. The standard InChI is InChI=1S/C32H17BF15NO2S/c1-11-3-5-13(6-4-11)52(50,51)49-8-12(7-14-17(34)23(40)29(46)24(41)18(14)35)32(2,10-49)9-33(15-19(36)25(42)30(47)26(43)20(15)37)16-21(38)27(44)31(48)28(45)22(16)39/h3-7H,8-10H2,1-2H3/b12-7+. The Bertz CT molecular complexity index is 2140. The van der Waals surface area contributed by atoms with Crippen molar-refractivity contribution in [1.82, 2.24) is 4.31 Å². The molecular weight excluding hydrogens is 758 g/mol. The molecule has 0 aliphatic carbocycles. The van der Waals surface area contributed by atoms with Gasteiger partial charge in [0.15, 0.2) is 81.4 Å². The van der Waals surface area contributed by atoms with Crippen LogP contribution in [-0.2, 0) is 10.0 Å². The first-order valence-corrected chi connectivity index (χ1v) is 15.8. The van der Waals surface area contributed by atoms with Crippen molar-refractivity contribution in [3.63, 3.8) is 0 Å². The van der Waals surface area contributed by atoms with E-state index in [4.69, 9.17) is 0 Å². The molecule has 1 aliphatic heterocycles. The van der Waals surface area contributed by atoms with Crippen molar-refractivity contribution >= 4 is 33.7 Å². The maximum Gasteiger partial charge on any atom is 0.243 e. The molecule has 0 aromatic heterocycles. The SMILES string of the molecule is Cc1ccc(S(=O)(=O)N2C/C(=C\c3c(F)c(F)c(F)c(F)c3F)C(C)(CB(c3c(F)c(F)c(F)c(F)c3F)c3c(F)c(F)c(F)c(F)c3F)C2)cc1. The molecule has 0 bridgehead atoms. The fourth-order valence-corrected chi connectivity index (χ4v) is 7.49. The third kappa shape index (κ3) is 6.12. The van der Waals surface area contributed by atoms with Gasteiger partial charge in [0.1, 0.15) is 0 Å². The molecule has 0 radical (unpaired) electrons. The van der Waals surface area contributed by atoms with Gasteiger partial charge in [0, 0.05) is 24.0 Å². The van der Waals surface area contributed by atoms with Crippen LogP contribution in [0, 0.1) is 99.6 Å². The monoisotopic (exact) mass is 775 g/mol. The van der Waals surface area contributed by atoms with E-state index in [0.717, 1.165) is 19.1 Å². The third-order valence-corrected chi connectivity index (χ3v) is 10.5. The second-order valence-electron chi connectivity index (χ2n) is 12.0. The lowest BCUT2D eigenvalue weighted by Crippen LogP contribution is -2.53. The van der Waals surface area contributed by atoms with E-state index in [1.54, 1.807) is 6.92 Å². The summed E-state index contributed by atoms with van der Waals surface area (Å²) in [6.07, 6.45) is -1.39. The Kier molecular flexibility index (Phi) is 10.1. The van der Waals surface area contributed by atoms with Crippen LogP contribution < -0.4 is 10.9 Å². The first-order chi connectivity index (χ1) is 24.1. The molecule has 4 aromatic carbocycles. The Morgan fingerprint density at radius 2 is 0.942 bits per heavy atom. The van der Waals surface area contributed by atoms with Gasteiger partial charge in [0.05, 0.1) is 10.5 Å². The summed E-state index contributed by atoms with van der Waals surface area (Å²) in [4.78, 5) is -0.478.